The maximum atomic E-state index is 4.94. The maximum absolute atomic E-state index is 4.94. The molecule has 0 unspecified atom stereocenters. The number of fused-ring (bicyclic) bond motifs is 1. The summed E-state index contributed by atoms with van der Waals surface area (Å²) in [6.45, 7) is 10.3. The molecule has 0 saturated carbocycles. The SMILES string of the molecule is CC(C)n1c(CN2CC[C@@]3(CCCNC3)C2)nc2ccccc21. The average Bonchev–Trinajstić information content (AvgIpc) is 3.09. The molecule has 0 bridgehead atoms. The van der Waals surface area contributed by atoms with Crippen LogP contribution < -0.4 is 5.32 Å². The molecule has 23 heavy (non-hydrogen) atoms. The van der Waals surface area contributed by atoms with Gasteiger partial charge in [0.25, 0.3) is 0 Å². The van der Waals surface area contributed by atoms with E-state index in [2.05, 4.69) is 52.9 Å². The first-order chi connectivity index (χ1) is 11.2. The Balaban J connectivity index is 1.57. The molecule has 0 radical (unpaired) electrons. The molecular formula is C19H28N4. The van der Waals surface area contributed by atoms with Crippen molar-refractivity contribution in [2.75, 3.05) is 26.2 Å². The predicted octanol–water partition coefficient (Wildman–Crippen LogP) is 3.19. The Morgan fingerprint density at radius 1 is 1.26 bits per heavy atom. The van der Waals surface area contributed by atoms with Crippen LogP contribution >= 0.6 is 0 Å². The molecule has 4 rings (SSSR count). The number of imidazole rings is 1. The number of nitrogens with one attached hydrogen (secondary N) is 1. The van der Waals surface area contributed by atoms with Crippen molar-refractivity contribution in [1.82, 2.24) is 19.8 Å². The highest BCUT2D eigenvalue weighted by Gasteiger charge is 2.39. The van der Waals surface area contributed by atoms with E-state index >= 15 is 0 Å². The average molecular weight is 312 g/mol. The summed E-state index contributed by atoms with van der Waals surface area (Å²) >= 11 is 0. The first-order valence-electron chi connectivity index (χ1n) is 9.06. The van der Waals surface area contributed by atoms with Crippen LogP contribution in [-0.4, -0.2) is 40.6 Å². The molecule has 1 atom stereocenters. The number of benzene rings is 1. The summed E-state index contributed by atoms with van der Waals surface area (Å²) in [5.74, 6) is 1.22. The number of aromatic nitrogens is 2. The van der Waals surface area contributed by atoms with E-state index < -0.39 is 0 Å². The second-order valence-electron chi connectivity index (χ2n) is 7.72. The third-order valence-corrected chi connectivity index (χ3v) is 5.63. The molecule has 4 heteroatoms. The highest BCUT2D eigenvalue weighted by Crippen LogP contribution is 2.37. The van der Waals surface area contributed by atoms with Crippen LogP contribution in [0.1, 0.15) is 45.0 Å². The van der Waals surface area contributed by atoms with Gasteiger partial charge in [-0.25, -0.2) is 4.98 Å². The summed E-state index contributed by atoms with van der Waals surface area (Å²) in [6.07, 6.45) is 4.05. The van der Waals surface area contributed by atoms with Crippen molar-refractivity contribution >= 4 is 11.0 Å². The Hall–Kier alpha value is -1.39. The zero-order valence-electron chi connectivity index (χ0n) is 14.4. The number of hydrogen-bond donors (Lipinski definition) is 1. The van der Waals surface area contributed by atoms with Gasteiger partial charge in [0.05, 0.1) is 17.6 Å². The molecule has 3 heterocycles. The second-order valence-corrected chi connectivity index (χ2v) is 7.72. The fourth-order valence-electron chi connectivity index (χ4n) is 4.52. The molecule has 0 aliphatic carbocycles. The van der Waals surface area contributed by atoms with Crippen LogP contribution in [0.5, 0.6) is 0 Å². The lowest BCUT2D eigenvalue weighted by atomic mass is 9.80. The number of nitrogens with zero attached hydrogens (tertiary/aromatic N) is 3. The van der Waals surface area contributed by atoms with Gasteiger partial charge in [-0.1, -0.05) is 12.1 Å². The van der Waals surface area contributed by atoms with E-state index in [1.165, 1.54) is 56.8 Å². The lowest BCUT2D eigenvalue weighted by Gasteiger charge is -2.34. The van der Waals surface area contributed by atoms with Gasteiger partial charge in [-0.05, 0) is 63.7 Å². The van der Waals surface area contributed by atoms with Crippen molar-refractivity contribution in [2.45, 2.75) is 45.7 Å². The molecule has 1 aromatic carbocycles. The quantitative estimate of drug-likeness (QED) is 0.945. The largest absolute Gasteiger partial charge is 0.324 e. The van der Waals surface area contributed by atoms with E-state index in [9.17, 15) is 0 Å². The predicted molar refractivity (Wildman–Crippen MR) is 94.5 cm³/mol. The van der Waals surface area contributed by atoms with Gasteiger partial charge in [0.2, 0.25) is 0 Å². The summed E-state index contributed by atoms with van der Waals surface area (Å²) in [7, 11) is 0. The minimum absolute atomic E-state index is 0.449. The van der Waals surface area contributed by atoms with E-state index in [1.807, 2.05) is 0 Å². The molecule has 0 amide bonds. The molecule has 1 N–H and O–H groups in total. The minimum Gasteiger partial charge on any atom is -0.324 e. The van der Waals surface area contributed by atoms with Gasteiger partial charge in [-0.3, -0.25) is 4.90 Å². The van der Waals surface area contributed by atoms with Crippen LogP contribution in [0, 0.1) is 5.41 Å². The molecule has 1 aromatic heterocycles. The molecule has 4 nitrogen and oxygen atoms in total. The molecule has 2 saturated heterocycles. The Bertz CT molecular complexity index is 682. The highest BCUT2D eigenvalue weighted by molar-refractivity contribution is 5.76. The topological polar surface area (TPSA) is 33.1 Å². The number of piperidine rings is 1. The first kappa shape index (κ1) is 15.2. The van der Waals surface area contributed by atoms with Crippen LogP contribution in [0.15, 0.2) is 24.3 Å². The summed E-state index contributed by atoms with van der Waals surface area (Å²) in [5, 5.41) is 3.61. The van der Waals surface area contributed by atoms with Crippen molar-refractivity contribution in [3.8, 4) is 0 Å². The Morgan fingerprint density at radius 2 is 2.13 bits per heavy atom. The minimum atomic E-state index is 0.449. The molecule has 124 valence electrons. The van der Waals surface area contributed by atoms with Crippen molar-refractivity contribution in [1.29, 1.82) is 0 Å². The maximum Gasteiger partial charge on any atom is 0.124 e. The molecule has 2 aromatic rings. The van der Waals surface area contributed by atoms with Gasteiger partial charge in [-0.15, -0.1) is 0 Å². The number of para-hydroxylation sites is 2. The number of likely N-dealkylation sites (tertiary alicyclic amines) is 1. The summed E-state index contributed by atoms with van der Waals surface area (Å²) < 4.78 is 2.42. The van der Waals surface area contributed by atoms with E-state index in [1.54, 1.807) is 0 Å². The molecule has 1 spiro atoms. The van der Waals surface area contributed by atoms with Gasteiger partial charge in [0.15, 0.2) is 0 Å². The fourth-order valence-corrected chi connectivity index (χ4v) is 4.52. The number of hydrogen-bond acceptors (Lipinski definition) is 3. The monoisotopic (exact) mass is 312 g/mol. The van der Waals surface area contributed by atoms with Crippen LogP contribution in [0.4, 0.5) is 0 Å². The molecule has 2 aliphatic rings. The van der Waals surface area contributed by atoms with Gasteiger partial charge in [0, 0.05) is 19.1 Å². The highest BCUT2D eigenvalue weighted by atomic mass is 15.2. The van der Waals surface area contributed by atoms with Gasteiger partial charge in [0.1, 0.15) is 5.82 Å². The lowest BCUT2D eigenvalue weighted by Crippen LogP contribution is -2.41. The third kappa shape index (κ3) is 2.79. The van der Waals surface area contributed by atoms with Crippen molar-refractivity contribution in [3.63, 3.8) is 0 Å². The molecule has 2 fully saturated rings. The standard InChI is InChI=1S/C19H28N4/c1-15(2)23-17-7-4-3-6-16(17)21-18(23)12-22-11-9-19(14-22)8-5-10-20-13-19/h3-4,6-7,15,20H,5,8-14H2,1-2H3/t19-/m1/s1. The van der Waals surface area contributed by atoms with Crippen LogP contribution in [0.25, 0.3) is 11.0 Å². The zero-order valence-corrected chi connectivity index (χ0v) is 14.4. The molecule has 2 aliphatic heterocycles. The smallest absolute Gasteiger partial charge is 0.124 e. The van der Waals surface area contributed by atoms with Crippen molar-refractivity contribution in [3.05, 3.63) is 30.1 Å². The summed E-state index contributed by atoms with van der Waals surface area (Å²) in [6, 6.07) is 8.98. The van der Waals surface area contributed by atoms with Gasteiger partial charge in [-0.2, -0.15) is 0 Å². The van der Waals surface area contributed by atoms with E-state index in [0.717, 1.165) is 12.1 Å². The lowest BCUT2D eigenvalue weighted by molar-refractivity contribution is 0.197. The van der Waals surface area contributed by atoms with E-state index in [4.69, 9.17) is 4.98 Å². The van der Waals surface area contributed by atoms with E-state index in [0.29, 0.717) is 11.5 Å². The summed E-state index contributed by atoms with van der Waals surface area (Å²) in [4.78, 5) is 7.55. The number of rotatable bonds is 3. The first-order valence-corrected chi connectivity index (χ1v) is 9.06. The fraction of sp³-hybridized carbons (Fsp3) is 0.632. The molecular weight excluding hydrogens is 284 g/mol. The van der Waals surface area contributed by atoms with Crippen LogP contribution in [0.3, 0.4) is 0 Å². The second kappa shape index (κ2) is 5.91. The Labute approximate surface area is 138 Å². The zero-order chi connectivity index (χ0) is 15.9. The Kier molecular flexibility index (Phi) is 3.90. The van der Waals surface area contributed by atoms with Crippen molar-refractivity contribution < 1.29 is 0 Å². The van der Waals surface area contributed by atoms with Gasteiger partial charge >= 0.3 is 0 Å². The van der Waals surface area contributed by atoms with Crippen LogP contribution in [-0.2, 0) is 6.54 Å². The normalized spacial score (nSPS) is 25.9. The van der Waals surface area contributed by atoms with Gasteiger partial charge < -0.3 is 9.88 Å². The Morgan fingerprint density at radius 3 is 2.91 bits per heavy atom. The summed E-state index contributed by atoms with van der Waals surface area (Å²) in [5.41, 5.74) is 2.92. The van der Waals surface area contributed by atoms with Crippen LogP contribution in [0.2, 0.25) is 0 Å². The van der Waals surface area contributed by atoms with Crippen molar-refractivity contribution in [2.24, 2.45) is 5.41 Å². The third-order valence-electron chi connectivity index (χ3n) is 5.63. The van der Waals surface area contributed by atoms with E-state index in [-0.39, 0.29) is 0 Å².